The van der Waals surface area contributed by atoms with Gasteiger partial charge in [-0.2, -0.15) is 0 Å². The normalized spacial score (nSPS) is 24.6. The Hall–Kier alpha value is -2.34. The Morgan fingerprint density at radius 3 is 2.15 bits per heavy atom. The number of rotatable bonds is 3. The van der Waals surface area contributed by atoms with Crippen LogP contribution in [0.15, 0.2) is 59.5 Å². The van der Waals surface area contributed by atoms with Crippen LogP contribution in [0.4, 0.5) is 10.5 Å². The van der Waals surface area contributed by atoms with Gasteiger partial charge in [-0.15, -0.1) is 0 Å². The lowest BCUT2D eigenvalue weighted by Gasteiger charge is -2.38. The molecule has 2 aliphatic rings. The first-order valence-electron chi connectivity index (χ1n) is 9.40. The third-order valence-corrected chi connectivity index (χ3v) is 7.93. The van der Waals surface area contributed by atoms with Gasteiger partial charge in [0.05, 0.1) is 10.1 Å². The minimum absolute atomic E-state index is 0.0160. The number of sulfone groups is 1. The van der Waals surface area contributed by atoms with Crippen LogP contribution in [-0.2, 0) is 9.84 Å². The van der Waals surface area contributed by atoms with Crippen LogP contribution in [0, 0.1) is 6.92 Å². The van der Waals surface area contributed by atoms with Crippen LogP contribution < -0.4 is 5.32 Å². The quantitative estimate of drug-likeness (QED) is 0.870. The van der Waals surface area contributed by atoms with E-state index in [1.165, 1.54) is 0 Å². The maximum absolute atomic E-state index is 13.0. The van der Waals surface area contributed by atoms with Gasteiger partial charge in [-0.3, -0.25) is 0 Å². The summed E-state index contributed by atoms with van der Waals surface area (Å²) in [7, 11) is -3.36. The summed E-state index contributed by atoms with van der Waals surface area (Å²) in [5.41, 5.74) is 1.91. The van der Waals surface area contributed by atoms with Gasteiger partial charge in [-0.1, -0.05) is 35.9 Å². The van der Waals surface area contributed by atoms with Crippen molar-refractivity contribution < 1.29 is 13.2 Å². The number of nitrogens with zero attached hydrogens (tertiary/aromatic N) is 1. The first-order chi connectivity index (χ1) is 12.9. The molecule has 0 spiro atoms. The van der Waals surface area contributed by atoms with E-state index in [4.69, 9.17) is 0 Å². The molecule has 2 fully saturated rings. The fourth-order valence-electron chi connectivity index (χ4n) is 4.34. The zero-order chi connectivity index (χ0) is 19.0. The number of carbonyl (C=O) groups excluding carboxylic acids is 1. The van der Waals surface area contributed by atoms with Crippen molar-refractivity contribution in [3.63, 3.8) is 0 Å². The number of piperidine rings is 1. The van der Waals surface area contributed by atoms with E-state index in [2.05, 4.69) is 5.32 Å². The predicted molar refractivity (Wildman–Crippen MR) is 105 cm³/mol. The monoisotopic (exact) mass is 384 g/mol. The smallest absolute Gasteiger partial charge is 0.318 e. The molecule has 2 atom stereocenters. The molecule has 0 saturated carbocycles. The summed E-state index contributed by atoms with van der Waals surface area (Å²) in [5.74, 6) is 0. The SMILES string of the molecule is Cc1ccc(NC(=O)N2C3CCC2CC(S(=O)(=O)c2ccccc2)C3)cc1. The number of aryl methyl sites for hydroxylation is 1. The van der Waals surface area contributed by atoms with Crippen molar-refractivity contribution in [2.75, 3.05) is 5.32 Å². The maximum Gasteiger partial charge on any atom is 0.322 e. The molecule has 2 amide bonds. The zero-order valence-electron chi connectivity index (χ0n) is 15.3. The summed E-state index contributed by atoms with van der Waals surface area (Å²) < 4.78 is 26.0. The lowest BCUT2D eigenvalue weighted by molar-refractivity contribution is 0.160. The van der Waals surface area contributed by atoms with Gasteiger partial charge in [-0.25, -0.2) is 13.2 Å². The molecule has 1 N–H and O–H groups in total. The molecule has 0 aliphatic carbocycles. The largest absolute Gasteiger partial charge is 0.322 e. The highest BCUT2D eigenvalue weighted by atomic mass is 32.2. The number of hydrogen-bond donors (Lipinski definition) is 1. The van der Waals surface area contributed by atoms with Gasteiger partial charge >= 0.3 is 6.03 Å². The highest BCUT2D eigenvalue weighted by Gasteiger charge is 2.47. The van der Waals surface area contributed by atoms with E-state index in [1.54, 1.807) is 24.3 Å². The molecule has 2 heterocycles. The summed E-state index contributed by atoms with van der Waals surface area (Å²) in [5, 5.41) is 2.55. The van der Waals surface area contributed by atoms with E-state index in [9.17, 15) is 13.2 Å². The summed E-state index contributed by atoms with van der Waals surface area (Å²) >= 11 is 0. The molecule has 6 heteroatoms. The van der Waals surface area contributed by atoms with Gasteiger partial charge < -0.3 is 10.2 Å². The molecule has 27 heavy (non-hydrogen) atoms. The predicted octanol–water partition coefficient (Wildman–Crippen LogP) is 4.00. The molecule has 0 radical (unpaired) electrons. The third kappa shape index (κ3) is 3.46. The van der Waals surface area contributed by atoms with Gasteiger partial charge in [0, 0.05) is 17.8 Å². The van der Waals surface area contributed by atoms with Crippen molar-refractivity contribution in [1.82, 2.24) is 4.90 Å². The number of anilines is 1. The van der Waals surface area contributed by atoms with E-state index in [0.717, 1.165) is 24.1 Å². The lowest BCUT2D eigenvalue weighted by Crippen LogP contribution is -2.51. The maximum atomic E-state index is 13.0. The molecule has 5 nitrogen and oxygen atoms in total. The minimum atomic E-state index is -3.36. The number of urea groups is 1. The van der Waals surface area contributed by atoms with Crippen LogP contribution in [-0.4, -0.2) is 36.7 Å². The highest BCUT2D eigenvalue weighted by molar-refractivity contribution is 7.92. The minimum Gasteiger partial charge on any atom is -0.318 e. The Balaban J connectivity index is 1.49. The fraction of sp³-hybridized carbons (Fsp3) is 0.381. The van der Waals surface area contributed by atoms with Crippen LogP contribution in [0.25, 0.3) is 0 Å². The van der Waals surface area contributed by atoms with Gasteiger partial charge in [0.2, 0.25) is 0 Å². The van der Waals surface area contributed by atoms with E-state index < -0.39 is 15.1 Å². The second kappa shape index (κ2) is 7.00. The van der Waals surface area contributed by atoms with Crippen LogP contribution in [0.5, 0.6) is 0 Å². The Morgan fingerprint density at radius 1 is 0.963 bits per heavy atom. The molecule has 142 valence electrons. The second-order valence-corrected chi connectivity index (χ2v) is 9.77. The van der Waals surface area contributed by atoms with Crippen molar-refractivity contribution in [2.45, 2.75) is 54.8 Å². The van der Waals surface area contributed by atoms with Gasteiger partial charge in [-0.05, 0) is 56.9 Å². The number of amides is 2. The van der Waals surface area contributed by atoms with Crippen molar-refractivity contribution in [3.8, 4) is 0 Å². The summed E-state index contributed by atoms with van der Waals surface area (Å²) in [6.07, 6.45) is 2.75. The average molecular weight is 385 g/mol. The number of fused-ring (bicyclic) bond motifs is 2. The number of hydrogen-bond acceptors (Lipinski definition) is 3. The summed E-state index contributed by atoms with van der Waals surface area (Å²) in [6.45, 7) is 2.00. The molecule has 2 aromatic carbocycles. The zero-order valence-corrected chi connectivity index (χ0v) is 16.2. The lowest BCUT2D eigenvalue weighted by atomic mass is 10.0. The Labute approximate surface area is 160 Å². The van der Waals surface area contributed by atoms with E-state index in [1.807, 2.05) is 42.2 Å². The van der Waals surface area contributed by atoms with Crippen LogP contribution in [0.2, 0.25) is 0 Å². The molecule has 0 aromatic heterocycles. The van der Waals surface area contributed by atoms with E-state index in [-0.39, 0.29) is 18.1 Å². The highest BCUT2D eigenvalue weighted by Crippen LogP contribution is 2.40. The van der Waals surface area contributed by atoms with Crippen molar-refractivity contribution in [2.24, 2.45) is 0 Å². The van der Waals surface area contributed by atoms with Gasteiger partial charge in [0.15, 0.2) is 9.84 Å². The van der Waals surface area contributed by atoms with Crippen LogP contribution >= 0.6 is 0 Å². The third-order valence-electron chi connectivity index (χ3n) is 5.74. The standard InChI is InChI=1S/C21H24N2O3S/c1-15-7-9-16(10-8-15)22-21(24)23-17-11-12-18(23)14-20(13-17)27(25,26)19-5-3-2-4-6-19/h2-10,17-18,20H,11-14H2,1H3,(H,22,24). The number of benzene rings is 2. The van der Waals surface area contributed by atoms with Gasteiger partial charge in [0.25, 0.3) is 0 Å². The van der Waals surface area contributed by atoms with E-state index in [0.29, 0.717) is 17.7 Å². The first kappa shape index (κ1) is 18.0. The molecule has 2 aromatic rings. The molecular weight excluding hydrogens is 360 g/mol. The summed E-state index contributed by atoms with van der Waals surface area (Å²) in [6, 6.07) is 16.2. The molecule has 2 unspecified atom stereocenters. The molecule has 2 saturated heterocycles. The van der Waals surface area contributed by atoms with Crippen LogP contribution in [0.3, 0.4) is 0 Å². The van der Waals surface area contributed by atoms with Crippen molar-refractivity contribution in [3.05, 3.63) is 60.2 Å². The van der Waals surface area contributed by atoms with Crippen LogP contribution in [0.1, 0.15) is 31.2 Å². The number of nitrogens with one attached hydrogen (secondary N) is 1. The fourth-order valence-corrected chi connectivity index (χ4v) is 6.21. The molecule has 4 rings (SSSR count). The Kier molecular flexibility index (Phi) is 4.68. The second-order valence-electron chi connectivity index (χ2n) is 7.54. The molecule has 2 bridgehead atoms. The van der Waals surface area contributed by atoms with Crippen molar-refractivity contribution >= 4 is 21.6 Å². The van der Waals surface area contributed by atoms with Crippen molar-refractivity contribution in [1.29, 1.82) is 0 Å². The molecule has 2 aliphatic heterocycles. The average Bonchev–Trinajstić information content (AvgIpc) is 2.94. The van der Waals surface area contributed by atoms with Gasteiger partial charge in [0.1, 0.15) is 0 Å². The Morgan fingerprint density at radius 2 is 1.56 bits per heavy atom. The Bertz CT molecular complexity index is 912. The number of carbonyl (C=O) groups is 1. The first-order valence-corrected chi connectivity index (χ1v) is 10.9. The molecular formula is C21H24N2O3S. The van der Waals surface area contributed by atoms with E-state index >= 15 is 0 Å². The summed E-state index contributed by atoms with van der Waals surface area (Å²) in [4.78, 5) is 15.1. The topological polar surface area (TPSA) is 66.5 Å².